The molecule has 0 heterocycles. The molecule has 3 atom stereocenters. The molecule has 0 aliphatic heterocycles. The fraction of sp³-hybridized carbons (Fsp3) is 0.533. The molecule has 3 unspecified atom stereocenters. The fourth-order valence-corrected chi connectivity index (χ4v) is 3.28. The zero-order chi connectivity index (χ0) is 15.3. The molecule has 0 bridgehead atoms. The number of carbonyl (C=O) groups is 1. The highest BCUT2D eigenvalue weighted by Crippen LogP contribution is 2.21. The van der Waals surface area contributed by atoms with Gasteiger partial charge in [-0.25, -0.2) is 0 Å². The van der Waals surface area contributed by atoms with E-state index in [0.717, 1.165) is 18.4 Å². The van der Waals surface area contributed by atoms with Gasteiger partial charge in [0.15, 0.2) is 0 Å². The number of carbonyl (C=O) groups excluding carboxylic acids is 1. The third kappa shape index (κ3) is 4.07. The summed E-state index contributed by atoms with van der Waals surface area (Å²) < 4.78 is 12.5. The van der Waals surface area contributed by atoms with Crippen molar-refractivity contribution in [1.82, 2.24) is 5.32 Å². The van der Waals surface area contributed by atoms with Crippen LogP contribution in [0.5, 0.6) is 0 Å². The monoisotopic (exact) mass is 296 g/mol. The maximum Gasteiger partial charge on any atom is 0.236 e. The fourth-order valence-electron chi connectivity index (χ4n) is 2.00. The van der Waals surface area contributed by atoms with Gasteiger partial charge in [-0.2, -0.15) is 0 Å². The summed E-state index contributed by atoms with van der Waals surface area (Å²) in [5, 5.41) is 2.31. The SMILES string of the molecule is CCCC(C)NC(=O)C(C)S(=O)c1cccc(N)c1C. The summed E-state index contributed by atoms with van der Waals surface area (Å²) in [6, 6.07) is 5.40. The first-order valence-electron chi connectivity index (χ1n) is 6.94. The predicted molar refractivity (Wildman–Crippen MR) is 84.0 cm³/mol. The summed E-state index contributed by atoms with van der Waals surface area (Å²) >= 11 is 0. The summed E-state index contributed by atoms with van der Waals surface area (Å²) in [4.78, 5) is 12.7. The van der Waals surface area contributed by atoms with Crippen LogP contribution in [-0.4, -0.2) is 21.4 Å². The van der Waals surface area contributed by atoms with Crippen LogP contribution in [0.25, 0.3) is 0 Å². The second-order valence-corrected chi connectivity index (χ2v) is 6.85. The summed E-state index contributed by atoms with van der Waals surface area (Å²) in [5.74, 6) is -0.175. The van der Waals surface area contributed by atoms with Crippen molar-refractivity contribution in [3.05, 3.63) is 23.8 Å². The van der Waals surface area contributed by atoms with Gasteiger partial charge in [-0.15, -0.1) is 0 Å². The van der Waals surface area contributed by atoms with Gasteiger partial charge in [0.1, 0.15) is 5.25 Å². The quantitative estimate of drug-likeness (QED) is 0.792. The highest BCUT2D eigenvalue weighted by atomic mass is 32.2. The Kier molecular flexibility index (Phi) is 6.20. The number of nitrogens with two attached hydrogens (primary N) is 1. The topological polar surface area (TPSA) is 72.2 Å². The highest BCUT2D eigenvalue weighted by molar-refractivity contribution is 7.86. The second kappa shape index (κ2) is 7.43. The Morgan fingerprint density at radius 3 is 2.65 bits per heavy atom. The molecule has 0 saturated heterocycles. The molecule has 20 heavy (non-hydrogen) atoms. The van der Waals surface area contributed by atoms with Crippen LogP contribution in [-0.2, 0) is 15.6 Å². The van der Waals surface area contributed by atoms with E-state index in [9.17, 15) is 9.00 Å². The molecule has 4 nitrogen and oxygen atoms in total. The minimum Gasteiger partial charge on any atom is -0.398 e. The van der Waals surface area contributed by atoms with Gasteiger partial charge in [-0.3, -0.25) is 9.00 Å². The van der Waals surface area contributed by atoms with Crippen LogP contribution in [0.3, 0.4) is 0 Å². The standard InChI is InChI=1S/C15H24N2O2S/c1-5-7-10(2)17-15(18)12(4)20(19)14-9-6-8-13(16)11(14)3/h6,8-10,12H,5,7,16H2,1-4H3,(H,17,18). The summed E-state index contributed by atoms with van der Waals surface area (Å²) in [6.45, 7) is 7.54. The maximum atomic E-state index is 12.5. The minimum absolute atomic E-state index is 0.105. The Hall–Kier alpha value is -1.36. The number of anilines is 1. The first-order valence-corrected chi connectivity index (χ1v) is 8.15. The number of amides is 1. The van der Waals surface area contributed by atoms with Crippen molar-refractivity contribution >= 4 is 22.4 Å². The number of nitrogens with one attached hydrogen (secondary N) is 1. The molecule has 3 N–H and O–H groups in total. The van der Waals surface area contributed by atoms with E-state index in [2.05, 4.69) is 12.2 Å². The van der Waals surface area contributed by atoms with Crippen molar-refractivity contribution in [3.63, 3.8) is 0 Å². The smallest absolute Gasteiger partial charge is 0.236 e. The average Bonchev–Trinajstić information content (AvgIpc) is 2.40. The lowest BCUT2D eigenvalue weighted by Crippen LogP contribution is -2.40. The van der Waals surface area contributed by atoms with Crippen molar-refractivity contribution in [3.8, 4) is 0 Å². The number of benzene rings is 1. The van der Waals surface area contributed by atoms with Crippen molar-refractivity contribution in [2.24, 2.45) is 0 Å². The van der Waals surface area contributed by atoms with Crippen LogP contribution in [0.4, 0.5) is 5.69 Å². The molecule has 0 aromatic heterocycles. The van der Waals surface area contributed by atoms with E-state index in [1.165, 1.54) is 0 Å². The predicted octanol–water partition coefficient (Wildman–Crippen LogP) is 2.38. The van der Waals surface area contributed by atoms with E-state index in [-0.39, 0.29) is 11.9 Å². The first kappa shape index (κ1) is 16.7. The Balaban J connectivity index is 2.81. The molecular formula is C15H24N2O2S. The molecule has 112 valence electrons. The minimum atomic E-state index is -1.39. The summed E-state index contributed by atoms with van der Waals surface area (Å²) in [7, 11) is -1.39. The molecule has 0 fully saturated rings. The van der Waals surface area contributed by atoms with Gasteiger partial charge in [-0.1, -0.05) is 19.4 Å². The Morgan fingerprint density at radius 2 is 2.05 bits per heavy atom. The Bertz CT molecular complexity index is 503. The van der Waals surface area contributed by atoms with Gasteiger partial charge < -0.3 is 11.1 Å². The van der Waals surface area contributed by atoms with Crippen LogP contribution >= 0.6 is 0 Å². The van der Waals surface area contributed by atoms with Gasteiger partial charge in [0.05, 0.1) is 10.8 Å². The first-order chi connectivity index (χ1) is 9.38. The highest BCUT2D eigenvalue weighted by Gasteiger charge is 2.23. The van der Waals surface area contributed by atoms with E-state index in [4.69, 9.17) is 5.73 Å². The normalized spacial score (nSPS) is 15.4. The van der Waals surface area contributed by atoms with Crippen LogP contribution < -0.4 is 11.1 Å². The third-order valence-electron chi connectivity index (χ3n) is 3.34. The molecule has 1 aromatic carbocycles. The van der Waals surface area contributed by atoms with Gasteiger partial charge in [0.2, 0.25) is 5.91 Å². The van der Waals surface area contributed by atoms with Crippen LogP contribution in [0.2, 0.25) is 0 Å². The zero-order valence-electron chi connectivity index (χ0n) is 12.6. The van der Waals surface area contributed by atoms with Gasteiger partial charge in [0.25, 0.3) is 0 Å². The molecule has 0 spiro atoms. The van der Waals surface area contributed by atoms with Crippen LogP contribution in [0, 0.1) is 6.92 Å². The Labute approximate surface area is 123 Å². The van der Waals surface area contributed by atoms with Crippen molar-refractivity contribution < 1.29 is 9.00 Å². The average molecular weight is 296 g/mol. The number of hydrogen-bond donors (Lipinski definition) is 2. The lowest BCUT2D eigenvalue weighted by atomic mass is 10.2. The van der Waals surface area contributed by atoms with E-state index in [1.54, 1.807) is 25.1 Å². The molecule has 1 aromatic rings. The van der Waals surface area contributed by atoms with E-state index in [1.807, 2.05) is 13.8 Å². The second-order valence-electron chi connectivity index (χ2n) is 5.11. The molecule has 0 radical (unpaired) electrons. The zero-order valence-corrected chi connectivity index (χ0v) is 13.4. The molecule has 0 aliphatic carbocycles. The summed E-state index contributed by atoms with van der Waals surface area (Å²) in [6.07, 6.45) is 1.93. The Morgan fingerprint density at radius 1 is 1.40 bits per heavy atom. The molecule has 0 aliphatic rings. The molecule has 1 amide bonds. The van der Waals surface area contributed by atoms with Gasteiger partial charge in [0, 0.05) is 16.6 Å². The van der Waals surface area contributed by atoms with E-state index in [0.29, 0.717) is 10.6 Å². The van der Waals surface area contributed by atoms with Gasteiger partial charge in [-0.05, 0) is 44.9 Å². The van der Waals surface area contributed by atoms with E-state index >= 15 is 0 Å². The molecular weight excluding hydrogens is 272 g/mol. The third-order valence-corrected chi connectivity index (χ3v) is 5.08. The maximum absolute atomic E-state index is 12.5. The van der Waals surface area contributed by atoms with Crippen molar-refractivity contribution in [1.29, 1.82) is 0 Å². The lowest BCUT2D eigenvalue weighted by molar-refractivity contribution is -0.121. The number of nitrogen functional groups attached to an aromatic ring is 1. The number of hydrogen-bond acceptors (Lipinski definition) is 3. The van der Waals surface area contributed by atoms with Crippen molar-refractivity contribution in [2.75, 3.05) is 5.73 Å². The number of rotatable bonds is 6. The summed E-state index contributed by atoms with van der Waals surface area (Å²) in [5.41, 5.74) is 7.20. The van der Waals surface area contributed by atoms with Crippen LogP contribution in [0.15, 0.2) is 23.1 Å². The molecule has 5 heteroatoms. The van der Waals surface area contributed by atoms with Crippen molar-refractivity contribution in [2.45, 2.75) is 56.7 Å². The van der Waals surface area contributed by atoms with Gasteiger partial charge >= 0.3 is 0 Å². The van der Waals surface area contributed by atoms with Crippen LogP contribution in [0.1, 0.15) is 39.2 Å². The molecule has 0 saturated carbocycles. The molecule has 1 rings (SSSR count). The largest absolute Gasteiger partial charge is 0.398 e. The van der Waals surface area contributed by atoms with E-state index < -0.39 is 16.0 Å². The lowest BCUT2D eigenvalue weighted by Gasteiger charge is -2.18.